The Kier molecular flexibility index (Phi) is 7.00. The Balaban J connectivity index is 1.61. The molecule has 0 saturated heterocycles. The van der Waals surface area contributed by atoms with E-state index in [4.69, 9.17) is 4.74 Å². The first-order valence-corrected chi connectivity index (χ1v) is 9.44. The van der Waals surface area contributed by atoms with Crippen LogP contribution in [0.3, 0.4) is 0 Å². The first-order valence-electron chi connectivity index (χ1n) is 9.44. The van der Waals surface area contributed by atoms with Crippen molar-refractivity contribution in [2.75, 3.05) is 18.5 Å². The zero-order valence-electron chi connectivity index (χ0n) is 16.0. The van der Waals surface area contributed by atoms with Crippen LogP contribution in [0, 0.1) is 0 Å². The highest BCUT2D eigenvalue weighted by Crippen LogP contribution is 2.16. The quantitative estimate of drug-likeness (QED) is 0.514. The minimum atomic E-state index is -1.10. The maximum atomic E-state index is 12.8. The molecule has 150 valence electrons. The van der Waals surface area contributed by atoms with E-state index in [1.165, 1.54) is 10.8 Å². The first kappa shape index (κ1) is 20.1. The van der Waals surface area contributed by atoms with Crippen molar-refractivity contribution in [3.8, 4) is 17.1 Å². The summed E-state index contributed by atoms with van der Waals surface area (Å²) in [5, 5.41) is 12.3. The standard InChI is InChI=1S/C22H23N3O4/c26-20(27)16-25-21(17-9-3-1-4-10-17)24-15-19(22(25)28)23-13-7-8-14-29-18-11-5-2-6-12-18/h1-6,9-12,15,23H,7-8,13-14,16H2,(H,26,27). The van der Waals surface area contributed by atoms with E-state index in [9.17, 15) is 14.7 Å². The molecule has 0 spiro atoms. The van der Waals surface area contributed by atoms with Crippen molar-refractivity contribution in [1.29, 1.82) is 0 Å². The number of rotatable bonds is 10. The molecule has 2 N–H and O–H groups in total. The summed E-state index contributed by atoms with van der Waals surface area (Å²) in [6, 6.07) is 18.7. The Hall–Kier alpha value is -3.61. The van der Waals surface area contributed by atoms with Crippen LogP contribution in [-0.2, 0) is 11.3 Å². The van der Waals surface area contributed by atoms with Crippen LogP contribution >= 0.6 is 0 Å². The maximum absolute atomic E-state index is 12.8. The van der Waals surface area contributed by atoms with E-state index in [0.29, 0.717) is 24.5 Å². The average molecular weight is 393 g/mol. The lowest BCUT2D eigenvalue weighted by atomic mass is 10.2. The van der Waals surface area contributed by atoms with E-state index in [-0.39, 0.29) is 5.69 Å². The Bertz CT molecular complexity index is 988. The molecule has 2 aromatic carbocycles. The van der Waals surface area contributed by atoms with Gasteiger partial charge in [0.05, 0.1) is 12.8 Å². The summed E-state index contributed by atoms with van der Waals surface area (Å²) in [7, 11) is 0. The van der Waals surface area contributed by atoms with Gasteiger partial charge in [-0.25, -0.2) is 4.98 Å². The predicted octanol–water partition coefficient (Wildman–Crippen LogP) is 3.27. The molecular formula is C22H23N3O4. The SMILES string of the molecule is O=C(O)Cn1c(-c2ccccc2)ncc(NCCCCOc2ccccc2)c1=O. The summed E-state index contributed by atoms with van der Waals surface area (Å²) in [5.41, 5.74) is 0.576. The van der Waals surface area contributed by atoms with Crippen molar-refractivity contribution < 1.29 is 14.6 Å². The van der Waals surface area contributed by atoms with Gasteiger partial charge in [-0.15, -0.1) is 0 Å². The summed E-state index contributed by atoms with van der Waals surface area (Å²) in [6.07, 6.45) is 3.08. The fourth-order valence-electron chi connectivity index (χ4n) is 2.87. The summed E-state index contributed by atoms with van der Waals surface area (Å²) in [5.74, 6) is 0.0684. The minimum absolute atomic E-state index is 0.287. The number of hydrogen-bond acceptors (Lipinski definition) is 5. The number of carboxylic acids is 1. The van der Waals surface area contributed by atoms with Crippen LogP contribution < -0.4 is 15.6 Å². The third-order valence-electron chi connectivity index (χ3n) is 4.27. The lowest BCUT2D eigenvalue weighted by Gasteiger charge is -2.13. The molecule has 0 aliphatic heterocycles. The number of ether oxygens (including phenoxy) is 1. The second kappa shape index (κ2) is 10.1. The lowest BCUT2D eigenvalue weighted by molar-refractivity contribution is -0.137. The number of aliphatic carboxylic acids is 1. The largest absolute Gasteiger partial charge is 0.494 e. The van der Waals surface area contributed by atoms with Crippen molar-refractivity contribution in [1.82, 2.24) is 9.55 Å². The van der Waals surface area contributed by atoms with Crippen LogP contribution in [-0.4, -0.2) is 33.8 Å². The zero-order valence-corrected chi connectivity index (χ0v) is 16.0. The van der Waals surface area contributed by atoms with Crippen LogP contribution in [0.5, 0.6) is 5.75 Å². The number of benzene rings is 2. The summed E-state index contributed by atoms with van der Waals surface area (Å²) in [4.78, 5) is 28.3. The molecule has 0 unspecified atom stereocenters. The number of nitrogens with zero attached hydrogens (tertiary/aromatic N) is 2. The Morgan fingerprint density at radius 2 is 1.72 bits per heavy atom. The van der Waals surface area contributed by atoms with Gasteiger partial charge in [0.2, 0.25) is 0 Å². The van der Waals surface area contributed by atoms with Gasteiger partial charge in [-0.3, -0.25) is 14.2 Å². The van der Waals surface area contributed by atoms with Gasteiger partial charge < -0.3 is 15.2 Å². The smallest absolute Gasteiger partial charge is 0.323 e. The molecule has 3 aromatic rings. The molecule has 0 aliphatic rings. The van der Waals surface area contributed by atoms with Gasteiger partial charge >= 0.3 is 5.97 Å². The van der Waals surface area contributed by atoms with E-state index < -0.39 is 18.1 Å². The van der Waals surface area contributed by atoms with Gasteiger partial charge in [-0.2, -0.15) is 0 Å². The van der Waals surface area contributed by atoms with Crippen LogP contribution in [0.2, 0.25) is 0 Å². The van der Waals surface area contributed by atoms with Crippen molar-refractivity contribution in [2.45, 2.75) is 19.4 Å². The number of aromatic nitrogens is 2. The van der Waals surface area contributed by atoms with Crippen molar-refractivity contribution in [3.05, 3.63) is 77.2 Å². The summed E-state index contributed by atoms with van der Waals surface area (Å²) < 4.78 is 6.82. The molecule has 1 heterocycles. The molecule has 0 amide bonds. The molecule has 0 bridgehead atoms. The number of nitrogens with one attached hydrogen (secondary N) is 1. The molecule has 0 saturated carbocycles. The van der Waals surface area contributed by atoms with Crippen LogP contribution in [0.15, 0.2) is 71.7 Å². The normalized spacial score (nSPS) is 10.5. The zero-order chi connectivity index (χ0) is 20.5. The van der Waals surface area contributed by atoms with E-state index in [2.05, 4.69) is 10.3 Å². The monoisotopic (exact) mass is 393 g/mol. The Labute approximate surface area is 168 Å². The van der Waals surface area contributed by atoms with Gasteiger partial charge in [0.25, 0.3) is 5.56 Å². The van der Waals surface area contributed by atoms with E-state index in [1.807, 2.05) is 48.5 Å². The second-order valence-electron chi connectivity index (χ2n) is 6.44. The lowest BCUT2D eigenvalue weighted by Crippen LogP contribution is -2.29. The number of unbranched alkanes of at least 4 members (excludes halogenated alkanes) is 1. The van der Waals surface area contributed by atoms with E-state index in [1.54, 1.807) is 12.1 Å². The average Bonchev–Trinajstić information content (AvgIpc) is 2.74. The van der Waals surface area contributed by atoms with E-state index in [0.717, 1.165) is 18.6 Å². The summed E-state index contributed by atoms with van der Waals surface area (Å²) in [6.45, 7) is 0.698. The highest BCUT2D eigenvalue weighted by atomic mass is 16.5. The van der Waals surface area contributed by atoms with Gasteiger partial charge in [0, 0.05) is 12.1 Å². The van der Waals surface area contributed by atoms with Gasteiger partial charge in [0.15, 0.2) is 0 Å². The fraction of sp³-hybridized carbons (Fsp3) is 0.227. The molecule has 0 atom stereocenters. The molecule has 7 nitrogen and oxygen atoms in total. The second-order valence-corrected chi connectivity index (χ2v) is 6.44. The fourth-order valence-corrected chi connectivity index (χ4v) is 2.87. The van der Waals surface area contributed by atoms with Crippen LogP contribution in [0.25, 0.3) is 11.4 Å². The molecule has 29 heavy (non-hydrogen) atoms. The highest BCUT2D eigenvalue weighted by Gasteiger charge is 2.14. The molecule has 3 rings (SSSR count). The molecule has 0 radical (unpaired) electrons. The van der Waals surface area contributed by atoms with Crippen LogP contribution in [0.1, 0.15) is 12.8 Å². The van der Waals surface area contributed by atoms with E-state index >= 15 is 0 Å². The highest BCUT2D eigenvalue weighted by molar-refractivity contribution is 5.68. The number of anilines is 1. The third-order valence-corrected chi connectivity index (χ3v) is 4.27. The molecular weight excluding hydrogens is 370 g/mol. The van der Waals surface area contributed by atoms with Gasteiger partial charge in [-0.05, 0) is 25.0 Å². The number of para-hydroxylation sites is 1. The Morgan fingerprint density at radius 3 is 2.41 bits per heavy atom. The number of hydrogen-bond donors (Lipinski definition) is 2. The molecule has 1 aromatic heterocycles. The van der Waals surface area contributed by atoms with Crippen molar-refractivity contribution in [3.63, 3.8) is 0 Å². The van der Waals surface area contributed by atoms with Gasteiger partial charge in [-0.1, -0.05) is 48.5 Å². The van der Waals surface area contributed by atoms with Crippen molar-refractivity contribution in [2.24, 2.45) is 0 Å². The van der Waals surface area contributed by atoms with Crippen LogP contribution in [0.4, 0.5) is 5.69 Å². The van der Waals surface area contributed by atoms with Gasteiger partial charge in [0.1, 0.15) is 23.8 Å². The maximum Gasteiger partial charge on any atom is 0.323 e. The topological polar surface area (TPSA) is 93.4 Å². The number of carbonyl (C=O) groups is 1. The molecule has 7 heteroatoms. The Morgan fingerprint density at radius 1 is 1.03 bits per heavy atom. The van der Waals surface area contributed by atoms with Crippen molar-refractivity contribution >= 4 is 11.7 Å². The summed E-state index contributed by atoms with van der Waals surface area (Å²) >= 11 is 0. The minimum Gasteiger partial charge on any atom is -0.494 e. The first-order chi connectivity index (χ1) is 14.1. The third kappa shape index (κ3) is 5.68. The molecule has 0 aliphatic carbocycles. The predicted molar refractivity (Wildman–Crippen MR) is 111 cm³/mol. The number of carboxylic acid groups (broad SMARTS) is 1. The molecule has 0 fully saturated rings.